The molecule has 0 N–H and O–H groups in total. The molecule has 0 spiro atoms. The highest BCUT2D eigenvalue weighted by Gasteiger charge is 2.20. The van der Waals surface area contributed by atoms with Gasteiger partial charge in [-0.15, -0.1) is 0 Å². The van der Waals surface area contributed by atoms with Gasteiger partial charge in [0.15, 0.2) is 0 Å². The Balaban J connectivity index is 2.53. The van der Waals surface area contributed by atoms with Crippen molar-refractivity contribution < 1.29 is 0 Å². The van der Waals surface area contributed by atoms with Crippen molar-refractivity contribution >= 4 is 51.4 Å². The number of pyridine rings is 1. The van der Waals surface area contributed by atoms with Crippen molar-refractivity contribution in [2.75, 3.05) is 0 Å². The van der Waals surface area contributed by atoms with Gasteiger partial charge in [-0.1, -0.05) is 52.0 Å². The van der Waals surface area contributed by atoms with Crippen LogP contribution in [0.4, 0.5) is 0 Å². The highest BCUT2D eigenvalue weighted by atomic mass is 35.5. The lowest BCUT2D eigenvalue weighted by Crippen LogP contribution is -1.86. The molecular formula is C9H5Cl4N. The summed E-state index contributed by atoms with van der Waals surface area (Å²) in [5.41, 5.74) is 1.85. The summed E-state index contributed by atoms with van der Waals surface area (Å²) in [7, 11) is 0. The zero-order valence-corrected chi connectivity index (χ0v) is 9.97. The average Bonchev–Trinajstić information content (AvgIpc) is 2.93. The molecular weight excluding hydrogens is 264 g/mol. The number of hydrogen-bond donors (Lipinski definition) is 0. The van der Waals surface area contributed by atoms with Gasteiger partial charge >= 0.3 is 0 Å². The van der Waals surface area contributed by atoms with Gasteiger partial charge in [0.1, 0.15) is 10.3 Å². The monoisotopic (exact) mass is 267 g/mol. The Kier molecular flexibility index (Phi) is 2.94. The van der Waals surface area contributed by atoms with Gasteiger partial charge in [-0.2, -0.15) is 0 Å². The third-order valence-electron chi connectivity index (χ3n) is 1.93. The van der Waals surface area contributed by atoms with E-state index in [0.717, 1.165) is 12.8 Å². The van der Waals surface area contributed by atoms with Crippen molar-refractivity contribution in [1.29, 1.82) is 0 Å². The third-order valence-corrected chi connectivity index (χ3v) is 3.37. The van der Waals surface area contributed by atoms with Gasteiger partial charge in [-0.25, -0.2) is 4.98 Å². The first-order valence-corrected chi connectivity index (χ1v) is 5.50. The fourth-order valence-corrected chi connectivity index (χ4v) is 2.02. The Hall–Kier alpha value is 0.0500. The SMILES string of the molecule is ClC(=C1CC1)c1cc(Cl)c(Cl)nc1Cl. The summed E-state index contributed by atoms with van der Waals surface area (Å²) >= 11 is 23.5. The van der Waals surface area contributed by atoms with E-state index in [-0.39, 0.29) is 5.15 Å². The molecule has 1 aromatic heterocycles. The summed E-state index contributed by atoms with van der Waals surface area (Å²) in [5, 5.41) is 1.51. The molecule has 0 aliphatic heterocycles. The minimum absolute atomic E-state index is 0.200. The maximum atomic E-state index is 6.09. The maximum absolute atomic E-state index is 6.09. The van der Waals surface area contributed by atoms with Crippen molar-refractivity contribution in [1.82, 2.24) is 4.98 Å². The molecule has 74 valence electrons. The summed E-state index contributed by atoms with van der Waals surface area (Å²) in [6.45, 7) is 0. The maximum Gasteiger partial charge on any atom is 0.149 e. The quantitative estimate of drug-likeness (QED) is 0.668. The molecule has 0 saturated heterocycles. The minimum Gasteiger partial charge on any atom is -0.222 e. The number of rotatable bonds is 1. The first kappa shape index (κ1) is 10.6. The van der Waals surface area contributed by atoms with Crippen LogP contribution in [0.1, 0.15) is 18.4 Å². The van der Waals surface area contributed by atoms with Crippen molar-refractivity contribution in [3.05, 3.63) is 32.5 Å². The Morgan fingerprint density at radius 2 is 1.79 bits per heavy atom. The molecule has 1 aliphatic rings. The second-order valence-corrected chi connectivity index (χ2v) is 4.52. The van der Waals surface area contributed by atoms with E-state index in [2.05, 4.69) is 4.98 Å². The molecule has 5 heteroatoms. The lowest BCUT2D eigenvalue weighted by atomic mass is 10.2. The zero-order chi connectivity index (χ0) is 10.3. The van der Waals surface area contributed by atoms with Gasteiger partial charge in [-0.3, -0.25) is 0 Å². The molecule has 0 amide bonds. The van der Waals surface area contributed by atoms with Crippen molar-refractivity contribution in [3.8, 4) is 0 Å². The van der Waals surface area contributed by atoms with Gasteiger partial charge in [0.25, 0.3) is 0 Å². The molecule has 1 nitrogen and oxygen atoms in total. The summed E-state index contributed by atoms with van der Waals surface area (Å²) in [5.74, 6) is 0. The minimum atomic E-state index is 0.200. The van der Waals surface area contributed by atoms with Crippen LogP contribution < -0.4 is 0 Å². The lowest BCUT2D eigenvalue weighted by molar-refractivity contribution is 1.31. The Morgan fingerprint density at radius 1 is 1.14 bits per heavy atom. The highest BCUT2D eigenvalue weighted by Crippen LogP contribution is 2.41. The number of hydrogen-bond acceptors (Lipinski definition) is 1. The van der Waals surface area contributed by atoms with Crippen molar-refractivity contribution in [3.63, 3.8) is 0 Å². The van der Waals surface area contributed by atoms with Crippen LogP contribution >= 0.6 is 46.4 Å². The van der Waals surface area contributed by atoms with E-state index in [1.54, 1.807) is 6.07 Å². The fourth-order valence-electron chi connectivity index (χ4n) is 1.07. The first-order valence-electron chi connectivity index (χ1n) is 3.99. The lowest BCUT2D eigenvalue weighted by Gasteiger charge is -2.03. The summed E-state index contributed by atoms with van der Waals surface area (Å²) < 4.78 is 0. The summed E-state index contributed by atoms with van der Waals surface area (Å²) in [4.78, 5) is 3.88. The molecule has 0 aromatic carbocycles. The van der Waals surface area contributed by atoms with E-state index in [0.29, 0.717) is 20.8 Å². The summed E-state index contributed by atoms with van der Waals surface area (Å²) in [6, 6.07) is 1.65. The second kappa shape index (κ2) is 3.90. The first-order chi connectivity index (χ1) is 6.59. The van der Waals surface area contributed by atoms with Gasteiger partial charge < -0.3 is 0 Å². The van der Waals surface area contributed by atoms with Gasteiger partial charge in [-0.05, 0) is 18.9 Å². The predicted octanol–water partition coefficient (Wildman–Crippen LogP) is 4.79. The zero-order valence-electron chi connectivity index (χ0n) is 6.95. The number of halogens is 4. The van der Waals surface area contributed by atoms with E-state index in [9.17, 15) is 0 Å². The number of nitrogens with zero attached hydrogens (tertiary/aromatic N) is 1. The highest BCUT2D eigenvalue weighted by molar-refractivity contribution is 6.51. The van der Waals surface area contributed by atoms with Crippen LogP contribution in [0.3, 0.4) is 0 Å². The third kappa shape index (κ3) is 2.01. The van der Waals surface area contributed by atoms with E-state index in [4.69, 9.17) is 46.4 Å². The standard InChI is InChI=1S/C9H5Cl4N/c10-6-3-5(7(11)4-1-2-4)8(12)14-9(6)13/h3H,1-2H2. The second-order valence-electron chi connectivity index (χ2n) is 3.02. The molecule has 1 heterocycles. The molecule has 0 atom stereocenters. The molecule has 1 saturated carbocycles. The predicted molar refractivity (Wildman–Crippen MR) is 61.3 cm³/mol. The molecule has 1 aromatic rings. The van der Waals surface area contributed by atoms with Crippen molar-refractivity contribution in [2.45, 2.75) is 12.8 Å². The van der Waals surface area contributed by atoms with Gasteiger partial charge in [0.2, 0.25) is 0 Å². The van der Waals surface area contributed by atoms with Crippen LogP contribution in [0.25, 0.3) is 5.03 Å². The normalized spacial score (nSPS) is 14.4. The van der Waals surface area contributed by atoms with E-state index in [1.807, 2.05) is 0 Å². The van der Waals surface area contributed by atoms with Crippen LogP contribution in [0, 0.1) is 0 Å². The number of aromatic nitrogens is 1. The van der Waals surface area contributed by atoms with Crippen LogP contribution in [-0.4, -0.2) is 4.98 Å². The summed E-state index contributed by atoms with van der Waals surface area (Å²) in [6.07, 6.45) is 2.05. The topological polar surface area (TPSA) is 12.9 Å². The Labute approximate surface area is 102 Å². The molecule has 2 rings (SSSR count). The van der Waals surface area contributed by atoms with Crippen molar-refractivity contribution in [2.24, 2.45) is 0 Å². The van der Waals surface area contributed by atoms with E-state index in [1.165, 1.54) is 5.57 Å². The largest absolute Gasteiger partial charge is 0.222 e. The Morgan fingerprint density at radius 3 is 2.36 bits per heavy atom. The van der Waals surface area contributed by atoms with E-state index >= 15 is 0 Å². The Bertz CT molecular complexity index is 419. The molecule has 1 fully saturated rings. The van der Waals surface area contributed by atoms with Crippen LogP contribution in [0.15, 0.2) is 11.6 Å². The molecule has 0 bridgehead atoms. The molecule has 0 unspecified atom stereocenters. The average molecular weight is 269 g/mol. The van der Waals surface area contributed by atoms with Crippen LogP contribution in [0.5, 0.6) is 0 Å². The molecule has 1 aliphatic carbocycles. The van der Waals surface area contributed by atoms with Gasteiger partial charge in [0.05, 0.1) is 10.1 Å². The fraction of sp³-hybridized carbons (Fsp3) is 0.222. The molecule has 14 heavy (non-hydrogen) atoms. The van der Waals surface area contributed by atoms with Gasteiger partial charge in [0, 0.05) is 5.56 Å². The number of allylic oxidation sites excluding steroid dienone is 1. The smallest absolute Gasteiger partial charge is 0.149 e. The van der Waals surface area contributed by atoms with Crippen LogP contribution in [0.2, 0.25) is 15.3 Å². The van der Waals surface area contributed by atoms with Crippen LogP contribution in [-0.2, 0) is 0 Å². The molecule has 0 radical (unpaired) electrons. The van der Waals surface area contributed by atoms with E-state index < -0.39 is 0 Å².